The van der Waals surface area contributed by atoms with Crippen molar-refractivity contribution >= 4 is 22.6 Å². The second kappa shape index (κ2) is 5.61. The number of ether oxygens (including phenoxy) is 2. The molecule has 0 fully saturated rings. The highest BCUT2D eigenvalue weighted by Gasteiger charge is 2.10. The Kier molecular flexibility index (Phi) is 4.43. The van der Waals surface area contributed by atoms with E-state index in [0.717, 1.165) is 3.57 Å². The highest BCUT2D eigenvalue weighted by molar-refractivity contribution is 14.1. The summed E-state index contributed by atoms with van der Waals surface area (Å²) in [6, 6.07) is 5.55. The molecule has 4 heteroatoms. The van der Waals surface area contributed by atoms with Gasteiger partial charge < -0.3 is 9.47 Å². The average Bonchev–Trinajstić information content (AvgIpc) is 2.26. The maximum absolute atomic E-state index is 8.95. The summed E-state index contributed by atoms with van der Waals surface area (Å²) < 4.78 is 11.3. The molecule has 0 bridgehead atoms. The van der Waals surface area contributed by atoms with Gasteiger partial charge in [0.25, 0.3) is 0 Å². The maximum atomic E-state index is 8.95. The lowest BCUT2D eigenvalue weighted by Gasteiger charge is -2.09. The standard InChI is InChI=1S/C11H10INO2/c1-3-4-15-11-8(7-13)5-9(14-2)6-10(11)12/h3,5-6H,1,4H2,2H3. The molecule has 1 rings (SSSR count). The Morgan fingerprint density at radius 1 is 1.60 bits per heavy atom. The molecule has 1 aromatic carbocycles. The van der Waals surface area contributed by atoms with E-state index in [-0.39, 0.29) is 0 Å². The second-order valence-electron chi connectivity index (χ2n) is 2.70. The van der Waals surface area contributed by atoms with Crippen molar-refractivity contribution in [3.05, 3.63) is 33.9 Å². The number of halogens is 1. The molecule has 0 unspecified atom stereocenters. The molecule has 0 saturated carbocycles. The molecule has 0 saturated heterocycles. The fraction of sp³-hybridized carbons (Fsp3) is 0.182. The molecule has 0 radical (unpaired) electrons. The van der Waals surface area contributed by atoms with Crippen molar-refractivity contribution in [2.45, 2.75) is 0 Å². The van der Waals surface area contributed by atoms with Gasteiger partial charge in [0.1, 0.15) is 18.4 Å². The van der Waals surface area contributed by atoms with Gasteiger partial charge in [-0.05, 0) is 28.7 Å². The Labute approximate surface area is 102 Å². The Hall–Kier alpha value is -1.22. The zero-order chi connectivity index (χ0) is 11.3. The van der Waals surface area contributed by atoms with Crippen LogP contribution < -0.4 is 9.47 Å². The van der Waals surface area contributed by atoms with E-state index in [9.17, 15) is 0 Å². The van der Waals surface area contributed by atoms with Crippen molar-refractivity contribution in [1.29, 1.82) is 5.26 Å². The minimum atomic E-state index is 0.386. The van der Waals surface area contributed by atoms with Gasteiger partial charge in [-0.1, -0.05) is 12.7 Å². The van der Waals surface area contributed by atoms with Crippen LogP contribution in [-0.2, 0) is 0 Å². The van der Waals surface area contributed by atoms with Crippen LogP contribution in [0, 0.1) is 14.9 Å². The van der Waals surface area contributed by atoms with E-state index in [0.29, 0.717) is 23.7 Å². The van der Waals surface area contributed by atoms with E-state index in [1.807, 2.05) is 6.07 Å². The van der Waals surface area contributed by atoms with Gasteiger partial charge in [-0.25, -0.2) is 0 Å². The number of rotatable bonds is 4. The van der Waals surface area contributed by atoms with Crippen molar-refractivity contribution < 1.29 is 9.47 Å². The highest BCUT2D eigenvalue weighted by Crippen LogP contribution is 2.30. The second-order valence-corrected chi connectivity index (χ2v) is 3.86. The van der Waals surface area contributed by atoms with Gasteiger partial charge in [0, 0.05) is 6.07 Å². The first-order valence-electron chi connectivity index (χ1n) is 4.24. The molecule has 0 aromatic heterocycles. The third-order valence-corrected chi connectivity index (χ3v) is 2.52. The lowest BCUT2D eigenvalue weighted by Crippen LogP contribution is -1.98. The maximum Gasteiger partial charge on any atom is 0.151 e. The van der Waals surface area contributed by atoms with Crippen LogP contribution >= 0.6 is 22.6 Å². The number of hydrogen-bond donors (Lipinski definition) is 0. The largest absolute Gasteiger partial charge is 0.497 e. The van der Waals surface area contributed by atoms with Crippen LogP contribution in [0.4, 0.5) is 0 Å². The number of methoxy groups -OCH3 is 1. The number of hydrogen-bond acceptors (Lipinski definition) is 3. The molecule has 0 aliphatic rings. The monoisotopic (exact) mass is 315 g/mol. The van der Waals surface area contributed by atoms with Crippen molar-refractivity contribution in [3.63, 3.8) is 0 Å². The molecule has 78 valence electrons. The molecular formula is C11H10INO2. The van der Waals surface area contributed by atoms with E-state index >= 15 is 0 Å². The van der Waals surface area contributed by atoms with E-state index in [1.165, 1.54) is 0 Å². The topological polar surface area (TPSA) is 42.2 Å². The Bertz CT molecular complexity index is 410. The lowest BCUT2D eigenvalue weighted by atomic mass is 10.2. The molecule has 0 spiro atoms. The zero-order valence-electron chi connectivity index (χ0n) is 8.29. The molecule has 15 heavy (non-hydrogen) atoms. The van der Waals surface area contributed by atoms with Gasteiger partial charge >= 0.3 is 0 Å². The van der Waals surface area contributed by atoms with Crippen LogP contribution in [-0.4, -0.2) is 13.7 Å². The van der Waals surface area contributed by atoms with Crippen molar-refractivity contribution in [1.82, 2.24) is 0 Å². The van der Waals surface area contributed by atoms with Crippen molar-refractivity contribution in [2.24, 2.45) is 0 Å². The molecule has 1 aromatic rings. The average molecular weight is 315 g/mol. The summed E-state index contributed by atoms with van der Waals surface area (Å²) in [4.78, 5) is 0. The van der Waals surface area contributed by atoms with Crippen molar-refractivity contribution in [3.8, 4) is 17.6 Å². The van der Waals surface area contributed by atoms with Crippen molar-refractivity contribution in [2.75, 3.05) is 13.7 Å². The predicted molar refractivity (Wildman–Crippen MR) is 66.1 cm³/mol. The molecule has 0 amide bonds. The van der Waals surface area contributed by atoms with Gasteiger partial charge in [-0.2, -0.15) is 5.26 Å². The SMILES string of the molecule is C=CCOc1c(I)cc(OC)cc1C#N. The summed E-state index contributed by atoms with van der Waals surface area (Å²) in [6.45, 7) is 3.95. The highest BCUT2D eigenvalue weighted by atomic mass is 127. The first kappa shape index (κ1) is 11.9. The summed E-state index contributed by atoms with van der Waals surface area (Å²) >= 11 is 2.11. The summed E-state index contributed by atoms with van der Waals surface area (Å²) in [5, 5.41) is 8.95. The minimum Gasteiger partial charge on any atom is -0.497 e. The van der Waals surface area contributed by atoms with E-state index in [4.69, 9.17) is 14.7 Å². The van der Waals surface area contributed by atoms with E-state index < -0.39 is 0 Å². The van der Waals surface area contributed by atoms with Crippen LogP contribution in [0.3, 0.4) is 0 Å². The van der Waals surface area contributed by atoms with Crippen LogP contribution in [0.1, 0.15) is 5.56 Å². The summed E-state index contributed by atoms with van der Waals surface area (Å²) in [7, 11) is 1.57. The fourth-order valence-electron chi connectivity index (χ4n) is 1.06. The van der Waals surface area contributed by atoms with Gasteiger partial charge in [0.05, 0.1) is 16.2 Å². The van der Waals surface area contributed by atoms with E-state index in [1.54, 1.807) is 19.3 Å². The number of nitriles is 1. The Balaban J connectivity index is 3.13. The summed E-state index contributed by atoms with van der Waals surface area (Å²) in [5.74, 6) is 1.24. The normalized spacial score (nSPS) is 9.13. The predicted octanol–water partition coefficient (Wildman–Crippen LogP) is 2.74. The van der Waals surface area contributed by atoms with E-state index in [2.05, 4.69) is 35.2 Å². The fourth-order valence-corrected chi connectivity index (χ4v) is 1.81. The lowest BCUT2D eigenvalue weighted by molar-refractivity contribution is 0.357. The Morgan fingerprint density at radius 3 is 2.87 bits per heavy atom. The van der Waals surface area contributed by atoms with Gasteiger partial charge in [0.15, 0.2) is 5.75 Å². The van der Waals surface area contributed by atoms with Gasteiger partial charge in [-0.15, -0.1) is 0 Å². The molecular weight excluding hydrogens is 305 g/mol. The van der Waals surface area contributed by atoms with Crippen LogP contribution in [0.2, 0.25) is 0 Å². The molecule has 0 aliphatic carbocycles. The molecule has 0 atom stereocenters. The van der Waals surface area contributed by atoms with Gasteiger partial charge in [-0.3, -0.25) is 0 Å². The van der Waals surface area contributed by atoms with Crippen LogP contribution in [0.15, 0.2) is 24.8 Å². The number of nitrogens with zero attached hydrogens (tertiary/aromatic N) is 1. The zero-order valence-corrected chi connectivity index (χ0v) is 10.4. The molecule has 0 aliphatic heterocycles. The molecule has 0 heterocycles. The number of benzene rings is 1. The molecule has 0 N–H and O–H groups in total. The first-order valence-corrected chi connectivity index (χ1v) is 5.32. The minimum absolute atomic E-state index is 0.386. The first-order chi connectivity index (χ1) is 7.22. The summed E-state index contributed by atoms with van der Waals surface area (Å²) in [6.07, 6.45) is 1.64. The van der Waals surface area contributed by atoms with Crippen LogP contribution in [0.5, 0.6) is 11.5 Å². The van der Waals surface area contributed by atoms with Crippen LogP contribution in [0.25, 0.3) is 0 Å². The third kappa shape index (κ3) is 2.86. The molecule has 3 nitrogen and oxygen atoms in total. The third-order valence-electron chi connectivity index (χ3n) is 1.72. The summed E-state index contributed by atoms with van der Waals surface area (Å²) in [5.41, 5.74) is 0.473. The Morgan fingerprint density at radius 2 is 2.33 bits per heavy atom. The smallest absolute Gasteiger partial charge is 0.151 e. The quantitative estimate of drug-likeness (QED) is 0.634. The van der Waals surface area contributed by atoms with Gasteiger partial charge in [0.2, 0.25) is 0 Å².